The summed E-state index contributed by atoms with van der Waals surface area (Å²) in [5.74, 6) is -8.25. The summed E-state index contributed by atoms with van der Waals surface area (Å²) in [6.07, 6.45) is 0. The van der Waals surface area contributed by atoms with Crippen molar-refractivity contribution in [3.05, 3.63) is 56.2 Å². The molecule has 112 valence electrons. The minimum Gasteiger partial charge on any atom is -0.336 e. The van der Waals surface area contributed by atoms with Gasteiger partial charge in [0.05, 0.1) is 16.4 Å². The van der Waals surface area contributed by atoms with Crippen LogP contribution in [-0.2, 0) is 6.54 Å². The molecule has 1 aromatic carbocycles. The van der Waals surface area contributed by atoms with Gasteiger partial charge in [-0.05, 0) is 18.2 Å². The van der Waals surface area contributed by atoms with E-state index in [-0.39, 0.29) is 6.54 Å². The van der Waals surface area contributed by atoms with Crippen LogP contribution in [0.4, 0.5) is 17.6 Å². The Kier molecular flexibility index (Phi) is 4.53. The molecule has 21 heavy (non-hydrogen) atoms. The Balaban J connectivity index is 2.27. The van der Waals surface area contributed by atoms with E-state index in [1.165, 1.54) is 18.4 Å². The summed E-state index contributed by atoms with van der Waals surface area (Å²) in [5.41, 5.74) is -0.864. The summed E-state index contributed by atoms with van der Waals surface area (Å²) in [7, 11) is 1.33. The molecule has 0 fully saturated rings. The van der Waals surface area contributed by atoms with E-state index in [1.807, 2.05) is 0 Å². The van der Waals surface area contributed by atoms with Gasteiger partial charge in [0.15, 0.2) is 23.3 Å². The summed E-state index contributed by atoms with van der Waals surface area (Å²) in [4.78, 5) is 13.8. The quantitative estimate of drug-likeness (QED) is 0.466. The van der Waals surface area contributed by atoms with Crippen molar-refractivity contribution in [3.63, 3.8) is 0 Å². The second-order valence-electron chi connectivity index (χ2n) is 4.21. The zero-order valence-corrected chi connectivity index (χ0v) is 12.2. The molecule has 0 saturated heterocycles. The zero-order valence-electron chi connectivity index (χ0n) is 10.6. The number of rotatable bonds is 3. The molecule has 1 amide bonds. The molecule has 1 heterocycles. The highest BCUT2D eigenvalue weighted by molar-refractivity contribution is 7.16. The van der Waals surface area contributed by atoms with E-state index in [4.69, 9.17) is 11.6 Å². The van der Waals surface area contributed by atoms with Gasteiger partial charge in [0.2, 0.25) is 0 Å². The third kappa shape index (κ3) is 3.19. The Morgan fingerprint density at radius 2 is 1.86 bits per heavy atom. The first-order valence-corrected chi connectivity index (χ1v) is 6.83. The van der Waals surface area contributed by atoms with Crippen LogP contribution in [0, 0.1) is 23.3 Å². The van der Waals surface area contributed by atoms with Crippen molar-refractivity contribution >= 4 is 28.8 Å². The van der Waals surface area contributed by atoms with Crippen molar-refractivity contribution in [1.29, 1.82) is 0 Å². The van der Waals surface area contributed by atoms with Crippen LogP contribution < -0.4 is 0 Å². The summed E-state index contributed by atoms with van der Waals surface area (Å²) in [5, 5.41) is 0. The number of thiophene rings is 1. The van der Waals surface area contributed by atoms with Crippen molar-refractivity contribution in [1.82, 2.24) is 4.90 Å². The number of halogens is 5. The number of hydrogen-bond donors (Lipinski definition) is 0. The van der Waals surface area contributed by atoms with Gasteiger partial charge in [0, 0.05) is 11.9 Å². The number of amides is 1. The van der Waals surface area contributed by atoms with Gasteiger partial charge >= 0.3 is 0 Å². The monoisotopic (exact) mass is 337 g/mol. The van der Waals surface area contributed by atoms with Crippen LogP contribution in [0.25, 0.3) is 0 Å². The molecule has 0 atom stereocenters. The van der Waals surface area contributed by atoms with E-state index >= 15 is 0 Å². The van der Waals surface area contributed by atoms with E-state index in [2.05, 4.69) is 0 Å². The molecular weight excluding hydrogens is 330 g/mol. The lowest BCUT2D eigenvalue weighted by atomic mass is 10.1. The second kappa shape index (κ2) is 6.03. The van der Waals surface area contributed by atoms with Gasteiger partial charge in [-0.1, -0.05) is 11.6 Å². The maximum atomic E-state index is 13.5. The first-order valence-electron chi connectivity index (χ1n) is 5.64. The first kappa shape index (κ1) is 15.8. The first-order chi connectivity index (χ1) is 9.81. The van der Waals surface area contributed by atoms with Gasteiger partial charge in [-0.2, -0.15) is 0 Å². The van der Waals surface area contributed by atoms with Crippen molar-refractivity contribution in [2.75, 3.05) is 7.05 Å². The molecule has 0 spiro atoms. The topological polar surface area (TPSA) is 20.3 Å². The van der Waals surface area contributed by atoms with Crippen LogP contribution in [0.2, 0.25) is 4.34 Å². The lowest BCUT2D eigenvalue weighted by molar-refractivity contribution is 0.0779. The fraction of sp³-hybridized carbons (Fsp3) is 0.154. The van der Waals surface area contributed by atoms with Gasteiger partial charge in [-0.25, -0.2) is 17.6 Å². The van der Waals surface area contributed by atoms with Crippen LogP contribution in [0.5, 0.6) is 0 Å². The van der Waals surface area contributed by atoms with Crippen LogP contribution in [-0.4, -0.2) is 17.9 Å². The smallest absolute Gasteiger partial charge is 0.257 e. The van der Waals surface area contributed by atoms with Crippen molar-refractivity contribution in [2.24, 2.45) is 0 Å². The van der Waals surface area contributed by atoms with Gasteiger partial charge in [-0.3, -0.25) is 4.79 Å². The van der Waals surface area contributed by atoms with E-state index in [9.17, 15) is 22.4 Å². The molecule has 0 bridgehead atoms. The van der Waals surface area contributed by atoms with Crippen molar-refractivity contribution in [3.8, 4) is 0 Å². The predicted octanol–water partition coefficient (Wildman–Crippen LogP) is 4.23. The van der Waals surface area contributed by atoms with Crippen LogP contribution in [0.3, 0.4) is 0 Å². The van der Waals surface area contributed by atoms with E-state index < -0.39 is 34.7 Å². The third-order valence-corrected chi connectivity index (χ3v) is 3.92. The average Bonchev–Trinajstić information content (AvgIpc) is 2.85. The van der Waals surface area contributed by atoms with Gasteiger partial charge in [0.1, 0.15) is 0 Å². The standard InChI is InChI=1S/C13H8ClF4NOS/c1-19(5-6-2-3-9(14)21-6)13(20)7-4-8(15)11(17)12(18)10(7)16/h2-4H,5H2,1H3. The van der Waals surface area contributed by atoms with Gasteiger partial charge in [-0.15, -0.1) is 11.3 Å². The summed E-state index contributed by atoms with van der Waals surface area (Å²) in [6.45, 7) is 0.0796. The number of hydrogen-bond acceptors (Lipinski definition) is 2. The Morgan fingerprint density at radius 3 is 2.43 bits per heavy atom. The third-order valence-electron chi connectivity index (χ3n) is 2.70. The van der Waals surface area contributed by atoms with E-state index in [0.717, 1.165) is 4.90 Å². The highest BCUT2D eigenvalue weighted by Gasteiger charge is 2.25. The molecule has 1 aromatic heterocycles. The molecule has 2 aromatic rings. The average molecular weight is 338 g/mol. The summed E-state index contributed by atoms with van der Waals surface area (Å²) >= 11 is 6.95. The highest BCUT2D eigenvalue weighted by atomic mass is 35.5. The maximum Gasteiger partial charge on any atom is 0.257 e. The van der Waals surface area contributed by atoms with E-state index in [1.54, 1.807) is 12.1 Å². The Morgan fingerprint density at radius 1 is 1.19 bits per heavy atom. The molecular formula is C13H8ClF4NOS. The zero-order chi connectivity index (χ0) is 15.7. The Bertz CT molecular complexity index is 704. The van der Waals surface area contributed by atoms with Gasteiger partial charge < -0.3 is 4.90 Å². The maximum absolute atomic E-state index is 13.5. The van der Waals surface area contributed by atoms with Crippen LogP contribution in [0.1, 0.15) is 15.2 Å². The van der Waals surface area contributed by atoms with Crippen LogP contribution >= 0.6 is 22.9 Å². The van der Waals surface area contributed by atoms with Crippen molar-refractivity contribution < 1.29 is 22.4 Å². The van der Waals surface area contributed by atoms with E-state index in [0.29, 0.717) is 15.3 Å². The summed E-state index contributed by atoms with van der Waals surface area (Å²) in [6, 6.07) is 3.63. The highest BCUT2D eigenvalue weighted by Crippen LogP contribution is 2.24. The Labute approximate surface area is 126 Å². The largest absolute Gasteiger partial charge is 0.336 e. The van der Waals surface area contributed by atoms with Gasteiger partial charge in [0.25, 0.3) is 5.91 Å². The molecule has 0 aliphatic rings. The fourth-order valence-electron chi connectivity index (χ4n) is 1.68. The van der Waals surface area contributed by atoms with Crippen LogP contribution in [0.15, 0.2) is 18.2 Å². The predicted molar refractivity (Wildman–Crippen MR) is 71.4 cm³/mol. The number of nitrogens with zero attached hydrogens (tertiary/aromatic N) is 1. The molecule has 0 saturated carbocycles. The molecule has 2 nitrogen and oxygen atoms in total. The Hall–Kier alpha value is -1.60. The molecule has 0 N–H and O–H groups in total. The molecule has 0 aliphatic carbocycles. The fourth-order valence-corrected chi connectivity index (χ4v) is 2.82. The molecule has 0 radical (unpaired) electrons. The normalized spacial score (nSPS) is 10.8. The number of carbonyl (C=O) groups is 1. The lowest BCUT2D eigenvalue weighted by Crippen LogP contribution is -2.27. The molecule has 0 unspecified atom stereocenters. The number of carbonyl (C=O) groups excluding carboxylic acids is 1. The second-order valence-corrected chi connectivity index (χ2v) is 6.01. The molecule has 2 rings (SSSR count). The number of benzene rings is 1. The minimum atomic E-state index is -2.01. The minimum absolute atomic E-state index is 0.0796. The molecule has 0 aliphatic heterocycles. The lowest BCUT2D eigenvalue weighted by Gasteiger charge is -2.17. The molecule has 8 heteroatoms. The van der Waals surface area contributed by atoms with Crippen molar-refractivity contribution in [2.45, 2.75) is 6.54 Å². The summed E-state index contributed by atoms with van der Waals surface area (Å²) < 4.78 is 53.2. The SMILES string of the molecule is CN(Cc1ccc(Cl)s1)C(=O)c1cc(F)c(F)c(F)c1F.